The monoisotopic (exact) mass is 456 g/mol. The average Bonchev–Trinajstić information content (AvgIpc) is 2.73. The normalized spacial score (nSPS) is 13.2. The quantitative estimate of drug-likeness (QED) is 0.425. The van der Waals surface area contributed by atoms with E-state index in [1.54, 1.807) is 19.2 Å². The Morgan fingerprint density at radius 3 is 2.55 bits per heavy atom. The third-order valence-electron chi connectivity index (χ3n) is 4.47. The summed E-state index contributed by atoms with van der Waals surface area (Å²) in [4.78, 5) is 12.6. The van der Waals surface area contributed by atoms with Gasteiger partial charge in [-0.15, -0.1) is 0 Å². The van der Waals surface area contributed by atoms with E-state index in [1.165, 1.54) is 6.08 Å². The summed E-state index contributed by atoms with van der Waals surface area (Å²) in [6, 6.07) is 14.9. The lowest BCUT2D eigenvalue weighted by molar-refractivity contribution is -0.117. The highest BCUT2D eigenvalue weighted by atomic mass is 79.9. The summed E-state index contributed by atoms with van der Waals surface area (Å²) in [5.74, 6) is 0.694. The zero-order valence-corrected chi connectivity index (χ0v) is 18.6. The molecule has 0 radical (unpaired) electrons. The minimum atomic E-state index is -0.432. The number of nitrogens with one attached hydrogen (secondary N) is 1. The molecule has 0 aromatic heterocycles. The Kier molecular flexibility index (Phi) is 8.29. The molecule has 0 unspecified atom stereocenters. The largest absolute Gasteiger partial charge is 0.493 e. The third-order valence-corrected chi connectivity index (χ3v) is 5.06. The van der Waals surface area contributed by atoms with Crippen LogP contribution in [0.2, 0.25) is 0 Å². The summed E-state index contributed by atoms with van der Waals surface area (Å²) in [6.45, 7) is 5.89. The third kappa shape index (κ3) is 6.10. The van der Waals surface area contributed by atoms with Gasteiger partial charge in [0, 0.05) is 0 Å². The molecule has 0 heterocycles. The Hall–Kier alpha value is -2.78. The Bertz CT molecular complexity index is 920. The first-order valence-corrected chi connectivity index (χ1v) is 10.2. The van der Waals surface area contributed by atoms with Gasteiger partial charge in [-0.2, -0.15) is 5.26 Å². The van der Waals surface area contributed by atoms with Crippen molar-refractivity contribution in [3.8, 4) is 17.6 Å². The van der Waals surface area contributed by atoms with Crippen molar-refractivity contribution in [1.29, 1.82) is 5.26 Å². The summed E-state index contributed by atoms with van der Waals surface area (Å²) in [5.41, 5.74) is 1.63. The number of benzene rings is 2. The number of amides is 1. The van der Waals surface area contributed by atoms with Crippen LogP contribution >= 0.6 is 15.9 Å². The van der Waals surface area contributed by atoms with Crippen LogP contribution < -0.4 is 14.8 Å². The first-order chi connectivity index (χ1) is 13.9. The summed E-state index contributed by atoms with van der Waals surface area (Å²) in [7, 11) is 1.55. The van der Waals surface area contributed by atoms with Crippen LogP contribution in [0.25, 0.3) is 6.08 Å². The predicted octanol–water partition coefficient (Wildman–Crippen LogP) is 5.42. The number of nitrogens with zero attached hydrogens (tertiary/aromatic N) is 1. The lowest BCUT2D eigenvalue weighted by Gasteiger charge is -2.17. The molecule has 5 nitrogen and oxygen atoms in total. The second-order valence-electron chi connectivity index (χ2n) is 6.65. The van der Waals surface area contributed by atoms with Crippen molar-refractivity contribution in [3.63, 3.8) is 0 Å². The molecule has 0 spiro atoms. The molecule has 0 saturated heterocycles. The van der Waals surface area contributed by atoms with E-state index in [2.05, 4.69) is 21.2 Å². The average molecular weight is 457 g/mol. The van der Waals surface area contributed by atoms with Gasteiger partial charge in [0.05, 0.1) is 23.7 Å². The van der Waals surface area contributed by atoms with Gasteiger partial charge in [0.2, 0.25) is 0 Å². The minimum absolute atomic E-state index is 0.0114. The van der Waals surface area contributed by atoms with Crippen molar-refractivity contribution in [2.24, 2.45) is 0 Å². The van der Waals surface area contributed by atoms with Gasteiger partial charge < -0.3 is 14.8 Å². The van der Waals surface area contributed by atoms with Gasteiger partial charge in [-0.3, -0.25) is 4.79 Å². The number of halogens is 1. The molecule has 0 aliphatic carbocycles. The Morgan fingerprint density at radius 1 is 1.28 bits per heavy atom. The summed E-state index contributed by atoms with van der Waals surface area (Å²) < 4.78 is 12.1. The zero-order valence-electron chi connectivity index (χ0n) is 17.0. The van der Waals surface area contributed by atoms with Crippen LogP contribution in [0, 0.1) is 11.3 Å². The molecule has 0 aliphatic rings. The number of methoxy groups -OCH3 is 1. The van der Waals surface area contributed by atoms with Crippen LogP contribution in [-0.4, -0.2) is 19.1 Å². The molecule has 2 rings (SSSR count). The fourth-order valence-electron chi connectivity index (χ4n) is 2.64. The fraction of sp³-hybridized carbons (Fsp3) is 0.304. The number of nitriles is 1. The number of hydrogen-bond acceptors (Lipinski definition) is 4. The van der Waals surface area contributed by atoms with E-state index in [0.717, 1.165) is 12.0 Å². The maximum atomic E-state index is 12.6. The second-order valence-corrected chi connectivity index (χ2v) is 7.50. The summed E-state index contributed by atoms with van der Waals surface area (Å²) in [6.07, 6.45) is 2.42. The second kappa shape index (κ2) is 10.7. The zero-order chi connectivity index (χ0) is 21.4. The van der Waals surface area contributed by atoms with Gasteiger partial charge in [0.15, 0.2) is 11.5 Å². The number of carbonyl (C=O) groups excluding carboxylic acids is 1. The minimum Gasteiger partial charge on any atom is -0.493 e. The van der Waals surface area contributed by atoms with Crippen molar-refractivity contribution in [1.82, 2.24) is 5.32 Å². The van der Waals surface area contributed by atoms with Gasteiger partial charge in [-0.05, 0) is 65.5 Å². The number of hydrogen-bond donors (Lipinski definition) is 1. The van der Waals surface area contributed by atoms with Crippen molar-refractivity contribution < 1.29 is 14.3 Å². The van der Waals surface area contributed by atoms with E-state index in [-0.39, 0.29) is 17.7 Å². The van der Waals surface area contributed by atoms with Crippen LogP contribution in [0.5, 0.6) is 11.5 Å². The van der Waals surface area contributed by atoms with Crippen molar-refractivity contribution in [2.75, 3.05) is 7.11 Å². The van der Waals surface area contributed by atoms with Crippen LogP contribution in [0.3, 0.4) is 0 Å². The highest BCUT2D eigenvalue weighted by Gasteiger charge is 2.17. The summed E-state index contributed by atoms with van der Waals surface area (Å²) in [5, 5.41) is 12.4. The number of ether oxygens (including phenoxy) is 2. The molecule has 2 atom stereocenters. The molecule has 29 heavy (non-hydrogen) atoms. The molecule has 2 aromatic rings. The Balaban J connectivity index is 2.26. The molecular formula is C23H25BrN2O3. The fourth-order valence-corrected chi connectivity index (χ4v) is 3.19. The van der Waals surface area contributed by atoms with Crippen molar-refractivity contribution in [2.45, 2.75) is 39.3 Å². The first kappa shape index (κ1) is 22.5. The molecule has 2 aromatic carbocycles. The maximum absolute atomic E-state index is 12.6. The number of rotatable bonds is 8. The van der Waals surface area contributed by atoms with Crippen LogP contribution in [0.1, 0.15) is 44.4 Å². The molecule has 152 valence electrons. The molecule has 1 N–H and O–H groups in total. The molecule has 0 bridgehead atoms. The highest BCUT2D eigenvalue weighted by molar-refractivity contribution is 9.10. The highest BCUT2D eigenvalue weighted by Crippen LogP contribution is 2.38. The standard InChI is InChI=1S/C23H25BrN2O3/c1-5-15(2)29-22-20(24)12-17(13-21(22)28-4)11-19(14-25)23(27)26-16(3)18-9-7-6-8-10-18/h6-13,15-16H,5H2,1-4H3,(H,26,27)/b19-11-/t15-,16+/m1/s1. The van der Waals surface area contributed by atoms with E-state index < -0.39 is 5.91 Å². The van der Waals surface area contributed by atoms with Gasteiger partial charge in [-0.25, -0.2) is 0 Å². The smallest absolute Gasteiger partial charge is 0.262 e. The van der Waals surface area contributed by atoms with E-state index >= 15 is 0 Å². The van der Waals surface area contributed by atoms with Gasteiger partial charge in [-0.1, -0.05) is 37.3 Å². The maximum Gasteiger partial charge on any atom is 0.262 e. The lowest BCUT2D eigenvalue weighted by atomic mass is 10.1. The molecule has 6 heteroatoms. The molecule has 0 fully saturated rings. The van der Waals surface area contributed by atoms with Gasteiger partial charge in [0.25, 0.3) is 5.91 Å². The molecule has 0 aliphatic heterocycles. The van der Waals surface area contributed by atoms with E-state index in [4.69, 9.17) is 9.47 Å². The first-order valence-electron chi connectivity index (χ1n) is 9.41. The van der Waals surface area contributed by atoms with Crippen LogP contribution in [0.4, 0.5) is 0 Å². The molecule has 0 saturated carbocycles. The van der Waals surface area contributed by atoms with Gasteiger partial charge >= 0.3 is 0 Å². The molecule has 1 amide bonds. The van der Waals surface area contributed by atoms with E-state index in [9.17, 15) is 10.1 Å². The van der Waals surface area contributed by atoms with Crippen LogP contribution in [-0.2, 0) is 4.79 Å². The predicted molar refractivity (Wildman–Crippen MR) is 118 cm³/mol. The lowest BCUT2D eigenvalue weighted by Crippen LogP contribution is -2.27. The van der Waals surface area contributed by atoms with Crippen LogP contribution in [0.15, 0.2) is 52.5 Å². The topological polar surface area (TPSA) is 71.3 Å². The number of carbonyl (C=O) groups is 1. The van der Waals surface area contributed by atoms with E-state index in [0.29, 0.717) is 21.5 Å². The molecular weight excluding hydrogens is 432 g/mol. The Morgan fingerprint density at radius 2 is 1.97 bits per heavy atom. The Labute approximate surface area is 180 Å². The van der Waals surface area contributed by atoms with Gasteiger partial charge in [0.1, 0.15) is 11.6 Å². The summed E-state index contributed by atoms with van der Waals surface area (Å²) >= 11 is 3.50. The van der Waals surface area contributed by atoms with E-state index in [1.807, 2.05) is 57.2 Å². The SMILES string of the molecule is CC[C@@H](C)Oc1c(Br)cc(/C=C(/C#N)C(=O)N[C@@H](C)c2ccccc2)cc1OC. The van der Waals surface area contributed by atoms with Crippen molar-refractivity contribution in [3.05, 3.63) is 63.6 Å². The van der Waals surface area contributed by atoms with Crippen molar-refractivity contribution >= 4 is 27.9 Å².